The monoisotopic (exact) mass is 284 g/mol. The number of hydrogen-bond donors (Lipinski definition) is 1. The molecule has 1 atom stereocenters. The molecule has 0 aliphatic heterocycles. The zero-order chi connectivity index (χ0) is 15.4. The van der Waals surface area contributed by atoms with Gasteiger partial charge in [0.2, 0.25) is 5.82 Å². The van der Waals surface area contributed by atoms with Gasteiger partial charge in [0, 0.05) is 25.2 Å². The van der Waals surface area contributed by atoms with E-state index < -0.39 is 34.2 Å². The van der Waals surface area contributed by atoms with E-state index in [0.29, 0.717) is 0 Å². The standard InChI is InChI=1S/C12H13FN2O5/c1-7(12(17)18)6-14(2)11(16)8-3-4-9(13)10(5-8)15(19)20/h3-5,7H,6H2,1-2H3,(H,17,18). The Hall–Kier alpha value is -2.51. The molecule has 108 valence electrons. The number of nitro groups is 1. The molecule has 20 heavy (non-hydrogen) atoms. The molecule has 0 aliphatic rings. The molecule has 0 aliphatic carbocycles. The van der Waals surface area contributed by atoms with Crippen LogP contribution >= 0.6 is 0 Å². The Morgan fingerprint density at radius 2 is 2.10 bits per heavy atom. The van der Waals surface area contributed by atoms with Gasteiger partial charge in [-0.2, -0.15) is 4.39 Å². The van der Waals surface area contributed by atoms with E-state index in [1.807, 2.05) is 0 Å². The average molecular weight is 284 g/mol. The van der Waals surface area contributed by atoms with Gasteiger partial charge in [0.05, 0.1) is 10.8 Å². The third kappa shape index (κ3) is 3.50. The maximum Gasteiger partial charge on any atom is 0.308 e. The predicted octanol–water partition coefficient (Wildman–Crippen LogP) is 1.53. The lowest BCUT2D eigenvalue weighted by Gasteiger charge is -2.19. The highest BCUT2D eigenvalue weighted by Crippen LogP contribution is 2.19. The van der Waals surface area contributed by atoms with Crippen LogP contribution in [0.1, 0.15) is 17.3 Å². The number of carboxylic acid groups (broad SMARTS) is 1. The zero-order valence-corrected chi connectivity index (χ0v) is 10.9. The summed E-state index contributed by atoms with van der Waals surface area (Å²) in [5.74, 6) is -3.48. The molecule has 1 N–H and O–H groups in total. The molecule has 0 aromatic heterocycles. The van der Waals surface area contributed by atoms with Crippen molar-refractivity contribution in [1.29, 1.82) is 0 Å². The molecule has 0 radical (unpaired) electrons. The van der Waals surface area contributed by atoms with Crippen LogP contribution in [0.4, 0.5) is 10.1 Å². The highest BCUT2D eigenvalue weighted by Gasteiger charge is 2.22. The zero-order valence-electron chi connectivity index (χ0n) is 10.9. The van der Waals surface area contributed by atoms with Gasteiger partial charge in [0.25, 0.3) is 5.91 Å². The summed E-state index contributed by atoms with van der Waals surface area (Å²) in [5.41, 5.74) is -0.867. The van der Waals surface area contributed by atoms with E-state index in [0.717, 1.165) is 23.1 Å². The second-order valence-electron chi connectivity index (χ2n) is 4.35. The van der Waals surface area contributed by atoms with Crippen LogP contribution < -0.4 is 0 Å². The lowest BCUT2D eigenvalue weighted by Crippen LogP contribution is -2.33. The fourth-order valence-electron chi connectivity index (χ4n) is 1.58. The minimum absolute atomic E-state index is 0.0562. The number of rotatable bonds is 5. The van der Waals surface area contributed by atoms with Gasteiger partial charge in [0.15, 0.2) is 0 Å². The minimum atomic E-state index is -1.06. The lowest BCUT2D eigenvalue weighted by atomic mass is 10.1. The van der Waals surface area contributed by atoms with E-state index in [9.17, 15) is 24.1 Å². The second-order valence-corrected chi connectivity index (χ2v) is 4.35. The van der Waals surface area contributed by atoms with Gasteiger partial charge in [-0.1, -0.05) is 6.92 Å². The number of aliphatic carboxylic acids is 1. The average Bonchev–Trinajstić information content (AvgIpc) is 2.37. The van der Waals surface area contributed by atoms with Crippen LogP contribution in [0.5, 0.6) is 0 Å². The van der Waals surface area contributed by atoms with E-state index >= 15 is 0 Å². The first-order valence-electron chi connectivity index (χ1n) is 5.66. The topological polar surface area (TPSA) is 101 Å². The van der Waals surface area contributed by atoms with E-state index in [2.05, 4.69) is 0 Å². The Kier molecular flexibility index (Phi) is 4.73. The number of amides is 1. The van der Waals surface area contributed by atoms with Gasteiger partial charge in [-0.05, 0) is 12.1 Å². The number of carbonyl (C=O) groups excluding carboxylic acids is 1. The van der Waals surface area contributed by atoms with Gasteiger partial charge in [0.1, 0.15) is 0 Å². The Balaban J connectivity index is 2.95. The van der Waals surface area contributed by atoms with Crippen LogP contribution in [0.2, 0.25) is 0 Å². The summed E-state index contributed by atoms with van der Waals surface area (Å²) in [5, 5.41) is 19.4. The quantitative estimate of drug-likeness (QED) is 0.652. The molecule has 8 heteroatoms. The van der Waals surface area contributed by atoms with E-state index in [-0.39, 0.29) is 12.1 Å². The molecule has 7 nitrogen and oxygen atoms in total. The van der Waals surface area contributed by atoms with Crippen molar-refractivity contribution in [2.45, 2.75) is 6.92 Å². The summed E-state index contributed by atoms with van der Waals surface area (Å²) < 4.78 is 13.2. The fourth-order valence-corrected chi connectivity index (χ4v) is 1.58. The predicted molar refractivity (Wildman–Crippen MR) is 66.8 cm³/mol. The molecular weight excluding hydrogens is 271 g/mol. The summed E-state index contributed by atoms with van der Waals surface area (Å²) in [7, 11) is 1.37. The molecule has 1 aromatic carbocycles. The van der Waals surface area contributed by atoms with Crippen molar-refractivity contribution in [2.24, 2.45) is 5.92 Å². The van der Waals surface area contributed by atoms with Gasteiger partial charge in [-0.15, -0.1) is 0 Å². The fraction of sp³-hybridized carbons (Fsp3) is 0.333. The first-order chi connectivity index (χ1) is 9.23. The van der Waals surface area contributed by atoms with Crippen LogP contribution in [0, 0.1) is 21.8 Å². The summed E-state index contributed by atoms with van der Waals surface area (Å²) in [6.07, 6.45) is 0. The number of nitro benzene ring substituents is 1. The van der Waals surface area contributed by atoms with Crippen LogP contribution in [0.15, 0.2) is 18.2 Å². The summed E-state index contributed by atoms with van der Waals surface area (Å²) in [4.78, 5) is 33.5. The second kappa shape index (κ2) is 6.09. The SMILES string of the molecule is CC(CN(C)C(=O)c1ccc(F)c([N+](=O)[O-])c1)C(=O)O. The van der Waals surface area contributed by atoms with Crippen molar-refractivity contribution in [2.75, 3.05) is 13.6 Å². The lowest BCUT2D eigenvalue weighted by molar-refractivity contribution is -0.387. The van der Waals surface area contributed by atoms with Crippen LogP contribution in [-0.2, 0) is 4.79 Å². The first kappa shape index (κ1) is 15.5. The van der Waals surface area contributed by atoms with E-state index in [1.54, 1.807) is 0 Å². The Bertz CT molecular complexity index is 561. The van der Waals surface area contributed by atoms with E-state index in [1.165, 1.54) is 14.0 Å². The molecular formula is C12H13FN2O5. The van der Waals surface area contributed by atoms with Crippen molar-refractivity contribution in [3.63, 3.8) is 0 Å². The van der Waals surface area contributed by atoms with Crippen molar-refractivity contribution in [1.82, 2.24) is 4.90 Å². The molecule has 0 saturated heterocycles. The summed E-state index contributed by atoms with van der Waals surface area (Å²) in [6.45, 7) is 1.37. The van der Waals surface area contributed by atoms with Crippen molar-refractivity contribution >= 4 is 17.6 Å². The van der Waals surface area contributed by atoms with E-state index in [4.69, 9.17) is 5.11 Å². The molecule has 0 bridgehead atoms. The largest absolute Gasteiger partial charge is 0.481 e. The highest BCUT2D eigenvalue weighted by molar-refractivity contribution is 5.94. The number of halogens is 1. The molecule has 1 aromatic rings. The Labute approximate surface area is 113 Å². The Morgan fingerprint density at radius 3 is 2.60 bits per heavy atom. The summed E-state index contributed by atoms with van der Waals surface area (Å²) >= 11 is 0. The van der Waals surface area contributed by atoms with Gasteiger partial charge in [-0.25, -0.2) is 0 Å². The molecule has 0 spiro atoms. The molecule has 1 unspecified atom stereocenters. The molecule has 0 heterocycles. The van der Waals surface area contributed by atoms with Gasteiger partial charge < -0.3 is 10.0 Å². The number of nitrogens with zero attached hydrogens (tertiary/aromatic N) is 2. The molecule has 0 saturated carbocycles. The van der Waals surface area contributed by atoms with Crippen LogP contribution in [0.25, 0.3) is 0 Å². The number of benzene rings is 1. The van der Waals surface area contributed by atoms with Crippen molar-refractivity contribution in [3.05, 3.63) is 39.7 Å². The smallest absolute Gasteiger partial charge is 0.308 e. The van der Waals surface area contributed by atoms with Gasteiger partial charge in [-0.3, -0.25) is 19.7 Å². The molecule has 1 amide bonds. The van der Waals surface area contributed by atoms with Crippen molar-refractivity contribution < 1.29 is 24.0 Å². The number of carbonyl (C=O) groups is 2. The van der Waals surface area contributed by atoms with Gasteiger partial charge >= 0.3 is 11.7 Å². The third-order valence-corrected chi connectivity index (χ3v) is 2.71. The Morgan fingerprint density at radius 1 is 1.50 bits per heavy atom. The number of carboxylic acids is 1. The third-order valence-electron chi connectivity index (χ3n) is 2.71. The molecule has 1 rings (SSSR count). The number of hydrogen-bond acceptors (Lipinski definition) is 4. The van der Waals surface area contributed by atoms with Crippen LogP contribution in [0.3, 0.4) is 0 Å². The normalized spacial score (nSPS) is 11.8. The van der Waals surface area contributed by atoms with Crippen LogP contribution in [-0.4, -0.2) is 40.4 Å². The molecule has 0 fully saturated rings. The maximum atomic E-state index is 13.2. The summed E-state index contributed by atoms with van der Waals surface area (Å²) in [6, 6.07) is 2.78. The maximum absolute atomic E-state index is 13.2. The highest BCUT2D eigenvalue weighted by atomic mass is 19.1. The van der Waals surface area contributed by atoms with Crippen molar-refractivity contribution in [3.8, 4) is 0 Å². The minimum Gasteiger partial charge on any atom is -0.481 e. The first-order valence-corrected chi connectivity index (χ1v) is 5.66.